The van der Waals surface area contributed by atoms with E-state index in [2.05, 4.69) is 23.0 Å². The summed E-state index contributed by atoms with van der Waals surface area (Å²) in [4.78, 5) is 64.0. The average Bonchev–Trinajstić information content (AvgIpc) is 3.10. The SMILES string of the molecule is CC1CCC2(CC1)NC(=O)N(NC(=O)CN1C(=O)NC(C)(c3ccc(Cl)cc3)C1=O)C2=O. The van der Waals surface area contributed by atoms with Crippen LogP contribution in [0.1, 0.15) is 45.1 Å². The quantitative estimate of drug-likeness (QED) is 0.587. The summed E-state index contributed by atoms with van der Waals surface area (Å²) in [5.41, 5.74) is 0.372. The fraction of sp³-hybridized carbons (Fsp3) is 0.476. The highest BCUT2D eigenvalue weighted by Crippen LogP contribution is 2.36. The molecule has 170 valence electrons. The molecule has 1 unspecified atom stereocenters. The molecule has 3 aliphatic rings. The summed E-state index contributed by atoms with van der Waals surface area (Å²) < 4.78 is 0. The lowest BCUT2D eigenvalue weighted by Gasteiger charge is -2.33. The van der Waals surface area contributed by atoms with E-state index in [1.165, 1.54) is 6.92 Å². The van der Waals surface area contributed by atoms with Gasteiger partial charge in [-0.15, -0.1) is 0 Å². The largest absolute Gasteiger partial charge is 0.344 e. The summed E-state index contributed by atoms with van der Waals surface area (Å²) >= 11 is 5.89. The fourth-order valence-corrected chi connectivity index (χ4v) is 4.56. The highest BCUT2D eigenvalue weighted by molar-refractivity contribution is 6.30. The molecule has 32 heavy (non-hydrogen) atoms. The Hall–Kier alpha value is -3.14. The number of hydrazine groups is 1. The molecule has 2 saturated heterocycles. The number of benzene rings is 1. The Morgan fingerprint density at radius 1 is 1.06 bits per heavy atom. The third-order valence-electron chi connectivity index (χ3n) is 6.52. The number of hydrogen-bond acceptors (Lipinski definition) is 5. The molecule has 4 rings (SSSR count). The fourth-order valence-electron chi connectivity index (χ4n) is 4.44. The van der Waals surface area contributed by atoms with Gasteiger partial charge in [0.05, 0.1) is 0 Å². The minimum Gasteiger partial charge on any atom is -0.322 e. The number of nitrogens with one attached hydrogen (secondary N) is 3. The minimum absolute atomic E-state index is 0.462. The first-order valence-corrected chi connectivity index (χ1v) is 10.8. The Bertz CT molecular complexity index is 1000. The monoisotopic (exact) mass is 461 g/mol. The number of hydrogen-bond donors (Lipinski definition) is 3. The van der Waals surface area contributed by atoms with Crippen molar-refractivity contribution < 1.29 is 24.0 Å². The van der Waals surface area contributed by atoms with Crippen LogP contribution in [0.4, 0.5) is 9.59 Å². The van der Waals surface area contributed by atoms with Crippen LogP contribution in [0, 0.1) is 5.92 Å². The first kappa shape index (κ1) is 22.1. The summed E-state index contributed by atoms with van der Waals surface area (Å²) in [6.07, 6.45) is 2.58. The number of urea groups is 2. The number of amides is 7. The van der Waals surface area contributed by atoms with Crippen molar-refractivity contribution in [3.63, 3.8) is 0 Å². The summed E-state index contributed by atoms with van der Waals surface area (Å²) in [6.45, 7) is 2.97. The van der Waals surface area contributed by atoms with Crippen LogP contribution in [0.5, 0.6) is 0 Å². The molecule has 1 aliphatic carbocycles. The highest BCUT2D eigenvalue weighted by atomic mass is 35.5. The zero-order valence-corrected chi connectivity index (χ0v) is 18.5. The first-order chi connectivity index (χ1) is 15.1. The van der Waals surface area contributed by atoms with Crippen LogP contribution < -0.4 is 16.1 Å². The van der Waals surface area contributed by atoms with Crippen LogP contribution >= 0.6 is 11.6 Å². The van der Waals surface area contributed by atoms with E-state index in [4.69, 9.17) is 11.6 Å². The zero-order chi connectivity index (χ0) is 23.3. The maximum Gasteiger partial charge on any atom is 0.344 e. The Labute approximate surface area is 189 Å². The molecule has 1 saturated carbocycles. The van der Waals surface area contributed by atoms with Gasteiger partial charge in [0.1, 0.15) is 17.6 Å². The number of rotatable bonds is 4. The highest BCUT2D eigenvalue weighted by Gasteiger charge is 2.54. The minimum atomic E-state index is -1.37. The van der Waals surface area contributed by atoms with Gasteiger partial charge in [-0.3, -0.25) is 24.7 Å². The van der Waals surface area contributed by atoms with Gasteiger partial charge in [-0.25, -0.2) is 9.59 Å². The molecule has 3 N–H and O–H groups in total. The van der Waals surface area contributed by atoms with Crippen molar-refractivity contribution in [2.45, 2.75) is 50.6 Å². The Morgan fingerprint density at radius 2 is 1.69 bits per heavy atom. The van der Waals surface area contributed by atoms with Crippen molar-refractivity contribution in [1.82, 2.24) is 26.0 Å². The van der Waals surface area contributed by atoms with E-state index in [1.54, 1.807) is 24.3 Å². The maximum absolute atomic E-state index is 13.0. The molecule has 11 heteroatoms. The zero-order valence-electron chi connectivity index (χ0n) is 17.7. The molecule has 7 amide bonds. The van der Waals surface area contributed by atoms with Crippen molar-refractivity contribution >= 4 is 41.4 Å². The van der Waals surface area contributed by atoms with Gasteiger partial charge in [0.25, 0.3) is 17.7 Å². The van der Waals surface area contributed by atoms with Gasteiger partial charge in [0.15, 0.2) is 0 Å². The summed E-state index contributed by atoms with van der Waals surface area (Å²) in [7, 11) is 0. The second kappa shape index (κ2) is 7.77. The number of carbonyl (C=O) groups is 5. The first-order valence-electron chi connectivity index (χ1n) is 10.4. The second-order valence-electron chi connectivity index (χ2n) is 8.82. The van der Waals surface area contributed by atoms with Gasteiger partial charge >= 0.3 is 12.1 Å². The predicted octanol–water partition coefficient (Wildman–Crippen LogP) is 1.64. The summed E-state index contributed by atoms with van der Waals surface area (Å²) in [5, 5.41) is 6.41. The molecular weight excluding hydrogens is 438 g/mol. The van der Waals surface area contributed by atoms with E-state index in [0.29, 0.717) is 34.4 Å². The predicted molar refractivity (Wildman–Crippen MR) is 113 cm³/mol. The summed E-state index contributed by atoms with van der Waals surface area (Å²) in [5.74, 6) is -1.52. The van der Waals surface area contributed by atoms with Crippen molar-refractivity contribution in [2.24, 2.45) is 5.92 Å². The molecule has 10 nitrogen and oxygen atoms in total. The lowest BCUT2D eigenvalue weighted by atomic mass is 9.77. The van der Waals surface area contributed by atoms with Crippen molar-refractivity contribution in [2.75, 3.05) is 6.54 Å². The van der Waals surface area contributed by atoms with Gasteiger partial charge < -0.3 is 10.6 Å². The smallest absolute Gasteiger partial charge is 0.322 e. The van der Waals surface area contributed by atoms with Gasteiger partial charge in [-0.05, 0) is 56.2 Å². The van der Waals surface area contributed by atoms with Gasteiger partial charge in [-0.2, -0.15) is 5.01 Å². The molecular formula is C21H24ClN5O5. The van der Waals surface area contributed by atoms with Crippen LogP contribution in [0.25, 0.3) is 0 Å². The Kier molecular flexibility index (Phi) is 5.36. The van der Waals surface area contributed by atoms with Crippen molar-refractivity contribution in [1.29, 1.82) is 0 Å². The van der Waals surface area contributed by atoms with E-state index >= 15 is 0 Å². The topological polar surface area (TPSA) is 128 Å². The van der Waals surface area contributed by atoms with Crippen molar-refractivity contribution in [3.8, 4) is 0 Å². The average molecular weight is 462 g/mol. The molecule has 0 radical (unpaired) electrons. The third-order valence-corrected chi connectivity index (χ3v) is 6.78. The lowest BCUT2D eigenvalue weighted by molar-refractivity contribution is -0.141. The Morgan fingerprint density at radius 3 is 2.31 bits per heavy atom. The second-order valence-corrected chi connectivity index (χ2v) is 9.26. The molecule has 0 bridgehead atoms. The van der Waals surface area contributed by atoms with E-state index in [1.807, 2.05) is 0 Å². The third kappa shape index (κ3) is 3.58. The number of halogens is 1. The van der Waals surface area contributed by atoms with Gasteiger partial charge in [0.2, 0.25) is 0 Å². The van der Waals surface area contributed by atoms with Crippen LogP contribution in [0.3, 0.4) is 0 Å². The molecule has 2 aliphatic heterocycles. The number of nitrogens with zero attached hydrogens (tertiary/aromatic N) is 2. The van der Waals surface area contributed by atoms with Crippen LogP contribution in [-0.2, 0) is 19.9 Å². The van der Waals surface area contributed by atoms with E-state index in [9.17, 15) is 24.0 Å². The maximum atomic E-state index is 13.0. The van der Waals surface area contributed by atoms with Crippen LogP contribution in [-0.4, -0.2) is 51.8 Å². The van der Waals surface area contributed by atoms with Crippen LogP contribution in [0.2, 0.25) is 5.02 Å². The van der Waals surface area contributed by atoms with E-state index in [-0.39, 0.29) is 0 Å². The molecule has 2 heterocycles. The number of carbonyl (C=O) groups excluding carboxylic acids is 5. The molecule has 1 spiro atoms. The van der Waals surface area contributed by atoms with E-state index < -0.39 is 47.4 Å². The summed E-state index contributed by atoms with van der Waals surface area (Å²) in [6, 6.07) is 4.94. The standard InChI is InChI=1S/C21H24ClN5O5/c1-12-7-9-21(10-8-12)17(30)27(19(32)24-21)25-15(28)11-26-16(29)20(2,23-18(26)31)13-3-5-14(22)6-4-13/h3-6,12H,7-11H2,1-2H3,(H,23,31)(H,24,32)(H,25,28). The van der Waals surface area contributed by atoms with Gasteiger partial charge in [-0.1, -0.05) is 30.7 Å². The molecule has 0 aromatic heterocycles. The lowest BCUT2D eigenvalue weighted by Crippen LogP contribution is -2.53. The molecule has 3 fully saturated rings. The molecule has 1 aromatic rings. The van der Waals surface area contributed by atoms with Crippen LogP contribution in [0.15, 0.2) is 24.3 Å². The molecule has 1 atom stereocenters. The normalized spacial score (nSPS) is 30.0. The van der Waals surface area contributed by atoms with Gasteiger partial charge in [0, 0.05) is 5.02 Å². The Balaban J connectivity index is 1.43. The molecule has 1 aromatic carbocycles. The number of imide groups is 2. The van der Waals surface area contributed by atoms with E-state index in [0.717, 1.165) is 17.7 Å². The van der Waals surface area contributed by atoms with Crippen molar-refractivity contribution in [3.05, 3.63) is 34.9 Å².